The fraction of sp³-hybridized carbons (Fsp3) is 0.333. The number of hydrogen-bond acceptors (Lipinski definition) is 5. The van der Waals surface area contributed by atoms with Gasteiger partial charge in [0.1, 0.15) is 17.8 Å². The Balaban J connectivity index is 1.50. The van der Waals surface area contributed by atoms with E-state index in [9.17, 15) is 8.42 Å². The zero-order valence-electron chi connectivity index (χ0n) is 14.5. The van der Waals surface area contributed by atoms with E-state index in [4.69, 9.17) is 0 Å². The molecule has 1 aromatic carbocycles. The largest absolute Gasteiger partial charge is 0.354 e. The summed E-state index contributed by atoms with van der Waals surface area (Å²) in [6, 6.07) is 11.2. The maximum Gasteiger partial charge on any atom is 0.218 e. The van der Waals surface area contributed by atoms with Crippen molar-refractivity contribution in [2.24, 2.45) is 0 Å². The van der Waals surface area contributed by atoms with E-state index in [0.29, 0.717) is 6.54 Å². The van der Waals surface area contributed by atoms with Crippen LogP contribution in [0.1, 0.15) is 12.0 Å². The predicted octanol–water partition coefficient (Wildman–Crippen LogP) is 2.00. The fourth-order valence-electron chi connectivity index (χ4n) is 3.46. The third-order valence-corrected chi connectivity index (χ3v) is 6.81. The molecule has 0 saturated carbocycles. The number of rotatable bonds is 5. The number of sulfonamides is 1. The van der Waals surface area contributed by atoms with Crippen LogP contribution in [0.3, 0.4) is 0 Å². The molecule has 3 aromatic rings. The summed E-state index contributed by atoms with van der Waals surface area (Å²) >= 11 is 0. The van der Waals surface area contributed by atoms with E-state index in [1.807, 2.05) is 42.6 Å². The fourth-order valence-corrected chi connectivity index (χ4v) is 4.90. The monoisotopic (exact) mass is 371 g/mol. The van der Waals surface area contributed by atoms with E-state index in [1.54, 1.807) is 7.05 Å². The van der Waals surface area contributed by atoms with Crippen molar-refractivity contribution in [2.75, 3.05) is 25.0 Å². The van der Waals surface area contributed by atoms with Crippen LogP contribution in [0.2, 0.25) is 0 Å². The maximum atomic E-state index is 12.8. The molecule has 1 unspecified atom stereocenters. The Kier molecular flexibility index (Phi) is 4.37. The number of nitrogens with zero attached hydrogens (tertiary/aromatic N) is 4. The molecule has 1 aliphatic rings. The highest BCUT2D eigenvalue weighted by molar-refractivity contribution is 7.88. The first-order chi connectivity index (χ1) is 12.5. The predicted molar refractivity (Wildman–Crippen MR) is 101 cm³/mol. The Labute approximate surface area is 152 Å². The molecule has 0 spiro atoms. The van der Waals surface area contributed by atoms with Gasteiger partial charge >= 0.3 is 0 Å². The first-order valence-electron chi connectivity index (χ1n) is 8.57. The SMILES string of the molecule is CN(C1CCN(c2ncnc3[nH]ccc23)C1)S(=O)(=O)Cc1ccccc1. The molecule has 1 saturated heterocycles. The summed E-state index contributed by atoms with van der Waals surface area (Å²) < 4.78 is 27.1. The van der Waals surface area contributed by atoms with Gasteiger partial charge in [-0.25, -0.2) is 18.4 Å². The summed E-state index contributed by atoms with van der Waals surface area (Å²) in [4.78, 5) is 13.8. The second-order valence-corrected chi connectivity index (χ2v) is 8.61. The number of benzene rings is 1. The molecule has 7 nitrogen and oxygen atoms in total. The second kappa shape index (κ2) is 6.69. The van der Waals surface area contributed by atoms with E-state index >= 15 is 0 Å². The van der Waals surface area contributed by atoms with Crippen molar-refractivity contribution in [3.05, 3.63) is 54.5 Å². The summed E-state index contributed by atoms with van der Waals surface area (Å²) in [6.45, 7) is 1.40. The zero-order valence-corrected chi connectivity index (χ0v) is 15.4. The van der Waals surface area contributed by atoms with Crippen LogP contribution in [-0.2, 0) is 15.8 Å². The van der Waals surface area contributed by atoms with Crippen molar-refractivity contribution in [2.45, 2.75) is 18.2 Å². The highest BCUT2D eigenvalue weighted by Crippen LogP contribution is 2.28. The summed E-state index contributed by atoms with van der Waals surface area (Å²) in [7, 11) is -1.69. The van der Waals surface area contributed by atoms with Gasteiger partial charge in [0, 0.05) is 32.4 Å². The molecule has 2 aromatic heterocycles. The molecule has 3 heterocycles. The molecular weight excluding hydrogens is 350 g/mol. The highest BCUT2D eigenvalue weighted by Gasteiger charge is 2.33. The van der Waals surface area contributed by atoms with Crippen molar-refractivity contribution in [1.29, 1.82) is 0 Å². The first kappa shape index (κ1) is 17.0. The maximum absolute atomic E-state index is 12.8. The van der Waals surface area contributed by atoms with Gasteiger partial charge in [-0.1, -0.05) is 30.3 Å². The van der Waals surface area contributed by atoms with Crippen LogP contribution < -0.4 is 4.90 Å². The number of H-pyrrole nitrogens is 1. The minimum absolute atomic E-state index is 0.0242. The standard InChI is InChI=1S/C18H21N5O2S/c1-22(26(24,25)12-14-5-3-2-4-6-14)15-8-10-23(11-15)18-16-7-9-19-17(16)20-13-21-18/h2-7,9,13,15H,8,10-12H2,1H3,(H,19,20,21). The topological polar surface area (TPSA) is 82.2 Å². The van der Waals surface area contributed by atoms with E-state index in [1.165, 1.54) is 10.6 Å². The van der Waals surface area contributed by atoms with Gasteiger partial charge < -0.3 is 9.88 Å². The molecule has 8 heteroatoms. The summed E-state index contributed by atoms with van der Waals surface area (Å²) in [5, 5.41) is 0.961. The van der Waals surface area contributed by atoms with Crippen LogP contribution in [0.15, 0.2) is 48.9 Å². The van der Waals surface area contributed by atoms with Gasteiger partial charge in [0.2, 0.25) is 10.0 Å². The molecule has 4 rings (SSSR count). The Morgan fingerprint density at radius 3 is 2.85 bits per heavy atom. The Morgan fingerprint density at radius 1 is 1.23 bits per heavy atom. The van der Waals surface area contributed by atoms with Gasteiger partial charge in [-0.2, -0.15) is 4.31 Å². The van der Waals surface area contributed by atoms with Crippen LogP contribution in [0.25, 0.3) is 11.0 Å². The molecule has 1 fully saturated rings. The van der Waals surface area contributed by atoms with Gasteiger partial charge in [-0.15, -0.1) is 0 Å². The number of aromatic amines is 1. The Bertz CT molecular complexity index is 1000. The third kappa shape index (κ3) is 3.17. The number of hydrogen-bond donors (Lipinski definition) is 1. The molecule has 1 aliphatic heterocycles. The van der Waals surface area contributed by atoms with Crippen LogP contribution in [0, 0.1) is 0 Å². The number of fused-ring (bicyclic) bond motifs is 1. The minimum atomic E-state index is -3.37. The summed E-state index contributed by atoms with van der Waals surface area (Å²) in [5.74, 6) is 0.878. The molecule has 136 valence electrons. The lowest BCUT2D eigenvalue weighted by atomic mass is 10.2. The molecule has 0 aliphatic carbocycles. The van der Waals surface area contributed by atoms with E-state index in [0.717, 1.165) is 35.4 Å². The van der Waals surface area contributed by atoms with Crippen molar-refractivity contribution < 1.29 is 8.42 Å². The molecule has 0 bridgehead atoms. The van der Waals surface area contributed by atoms with Gasteiger partial charge in [0.25, 0.3) is 0 Å². The van der Waals surface area contributed by atoms with Crippen LogP contribution in [-0.4, -0.2) is 53.9 Å². The van der Waals surface area contributed by atoms with Crippen molar-refractivity contribution in [1.82, 2.24) is 19.3 Å². The normalized spacial score (nSPS) is 18.1. The van der Waals surface area contributed by atoms with Gasteiger partial charge in [-0.3, -0.25) is 0 Å². The van der Waals surface area contributed by atoms with Crippen LogP contribution in [0.5, 0.6) is 0 Å². The third-order valence-electron chi connectivity index (χ3n) is 4.94. The Morgan fingerprint density at radius 2 is 2.04 bits per heavy atom. The molecule has 0 amide bonds. The highest BCUT2D eigenvalue weighted by atomic mass is 32.2. The average Bonchev–Trinajstić information content (AvgIpc) is 3.30. The van der Waals surface area contributed by atoms with Gasteiger partial charge in [-0.05, 0) is 18.1 Å². The van der Waals surface area contributed by atoms with Crippen LogP contribution in [0.4, 0.5) is 5.82 Å². The second-order valence-electron chi connectivity index (χ2n) is 6.58. The number of nitrogens with one attached hydrogen (secondary N) is 1. The van der Waals surface area contributed by atoms with E-state index in [-0.39, 0.29) is 11.8 Å². The first-order valence-corrected chi connectivity index (χ1v) is 10.2. The quantitative estimate of drug-likeness (QED) is 0.742. The van der Waals surface area contributed by atoms with Gasteiger partial charge in [0.15, 0.2) is 0 Å². The zero-order chi connectivity index (χ0) is 18.1. The smallest absolute Gasteiger partial charge is 0.218 e. The average molecular weight is 371 g/mol. The molecular formula is C18H21N5O2S. The van der Waals surface area contributed by atoms with Gasteiger partial charge in [0.05, 0.1) is 11.1 Å². The lowest BCUT2D eigenvalue weighted by Crippen LogP contribution is -2.39. The number of likely N-dealkylation sites (N-methyl/N-ethyl adjacent to an activating group) is 1. The lowest BCUT2D eigenvalue weighted by Gasteiger charge is -2.24. The lowest BCUT2D eigenvalue weighted by molar-refractivity contribution is 0.389. The Hall–Kier alpha value is -2.45. The molecule has 0 radical (unpaired) electrons. The van der Waals surface area contributed by atoms with E-state index < -0.39 is 10.0 Å². The molecule has 26 heavy (non-hydrogen) atoms. The van der Waals surface area contributed by atoms with Crippen molar-refractivity contribution >= 4 is 26.9 Å². The van der Waals surface area contributed by atoms with Crippen molar-refractivity contribution in [3.8, 4) is 0 Å². The number of anilines is 1. The molecule has 1 N–H and O–H groups in total. The van der Waals surface area contributed by atoms with Crippen molar-refractivity contribution in [3.63, 3.8) is 0 Å². The summed E-state index contributed by atoms with van der Waals surface area (Å²) in [6.07, 6.45) is 4.16. The number of aromatic nitrogens is 3. The van der Waals surface area contributed by atoms with Crippen LogP contribution >= 0.6 is 0 Å². The van der Waals surface area contributed by atoms with E-state index in [2.05, 4.69) is 19.9 Å². The minimum Gasteiger partial charge on any atom is -0.354 e. The molecule has 1 atom stereocenters. The summed E-state index contributed by atoms with van der Waals surface area (Å²) in [5.41, 5.74) is 1.60.